The summed E-state index contributed by atoms with van der Waals surface area (Å²) >= 11 is 0. The van der Waals surface area contributed by atoms with Crippen molar-refractivity contribution in [3.63, 3.8) is 0 Å². The zero-order valence-corrected chi connectivity index (χ0v) is 23.2. The molecule has 0 aliphatic heterocycles. The predicted octanol–water partition coefficient (Wildman–Crippen LogP) is 10.8. The number of hydrogen-bond acceptors (Lipinski definition) is 1. The second kappa shape index (κ2) is 8.97. The summed E-state index contributed by atoms with van der Waals surface area (Å²) < 4.78 is 0. The molecule has 0 bridgehead atoms. The van der Waals surface area contributed by atoms with E-state index in [0.29, 0.717) is 0 Å². The fourth-order valence-electron chi connectivity index (χ4n) is 6.76. The third-order valence-corrected chi connectivity index (χ3v) is 8.80. The first kappa shape index (κ1) is 23.8. The molecule has 7 aromatic rings. The molecule has 0 saturated heterocycles. The number of benzene rings is 6. The zero-order valence-electron chi connectivity index (χ0n) is 23.2. The fourth-order valence-corrected chi connectivity index (χ4v) is 6.76. The third kappa shape index (κ3) is 3.64. The maximum Gasteiger partial charge on any atom is 0.0544 e. The first-order valence-electron chi connectivity index (χ1n) is 14.3. The van der Waals surface area contributed by atoms with Gasteiger partial charge in [-0.15, -0.1) is 0 Å². The van der Waals surface area contributed by atoms with Gasteiger partial charge in [-0.05, 0) is 76.3 Å². The van der Waals surface area contributed by atoms with Gasteiger partial charge in [-0.25, -0.2) is 0 Å². The summed E-state index contributed by atoms with van der Waals surface area (Å²) in [5.41, 5.74) is 13.7. The molecule has 1 aromatic heterocycles. The molecule has 196 valence electrons. The van der Waals surface area contributed by atoms with Crippen molar-refractivity contribution >= 4 is 38.9 Å². The Hall–Kier alpha value is -5.08. The molecule has 0 fully saturated rings. The Kier molecular flexibility index (Phi) is 5.20. The summed E-state index contributed by atoms with van der Waals surface area (Å²) in [5, 5.41) is 2.47. The van der Waals surface area contributed by atoms with Gasteiger partial charge in [0.25, 0.3) is 0 Å². The molecule has 1 N–H and O–H groups in total. The highest BCUT2D eigenvalue weighted by molar-refractivity contribution is 6.13. The average Bonchev–Trinajstić information content (AvgIpc) is 3.50. The predicted molar refractivity (Wildman–Crippen MR) is 173 cm³/mol. The van der Waals surface area contributed by atoms with Crippen LogP contribution in [0.3, 0.4) is 0 Å². The summed E-state index contributed by atoms with van der Waals surface area (Å²) in [6, 6.07) is 50.5. The van der Waals surface area contributed by atoms with E-state index in [1.54, 1.807) is 0 Å². The van der Waals surface area contributed by atoms with Gasteiger partial charge in [-0.2, -0.15) is 0 Å². The van der Waals surface area contributed by atoms with Crippen molar-refractivity contribution in [2.24, 2.45) is 0 Å². The van der Waals surface area contributed by atoms with E-state index in [0.717, 1.165) is 22.6 Å². The van der Waals surface area contributed by atoms with Crippen LogP contribution in [0.4, 0.5) is 17.1 Å². The molecule has 8 rings (SSSR count). The summed E-state index contributed by atoms with van der Waals surface area (Å²) in [4.78, 5) is 6.10. The molecule has 1 aliphatic carbocycles. The monoisotopic (exact) mass is 526 g/mol. The Labute approximate surface area is 240 Å². The molecular formula is C39H30N2. The largest absolute Gasteiger partial charge is 0.354 e. The van der Waals surface area contributed by atoms with Crippen LogP contribution in [0.5, 0.6) is 0 Å². The van der Waals surface area contributed by atoms with Crippen LogP contribution in [0, 0.1) is 0 Å². The molecule has 6 aromatic carbocycles. The lowest BCUT2D eigenvalue weighted by atomic mass is 9.81. The Morgan fingerprint density at radius 3 is 1.90 bits per heavy atom. The Balaban J connectivity index is 1.28. The van der Waals surface area contributed by atoms with Crippen LogP contribution >= 0.6 is 0 Å². The van der Waals surface area contributed by atoms with E-state index in [2.05, 4.69) is 163 Å². The van der Waals surface area contributed by atoms with Gasteiger partial charge in [-0.3, -0.25) is 0 Å². The summed E-state index contributed by atoms with van der Waals surface area (Å²) in [6.07, 6.45) is 0. The minimum atomic E-state index is -0.0243. The van der Waals surface area contributed by atoms with Gasteiger partial charge in [0.1, 0.15) is 0 Å². The van der Waals surface area contributed by atoms with Crippen molar-refractivity contribution in [1.82, 2.24) is 4.98 Å². The normalized spacial score (nSPS) is 13.3. The van der Waals surface area contributed by atoms with Crippen LogP contribution in [-0.2, 0) is 5.41 Å². The Morgan fingerprint density at radius 1 is 0.488 bits per heavy atom. The number of hydrogen-bond donors (Lipinski definition) is 1. The van der Waals surface area contributed by atoms with Crippen LogP contribution in [0.15, 0.2) is 140 Å². The smallest absolute Gasteiger partial charge is 0.0544 e. The minimum Gasteiger partial charge on any atom is -0.354 e. The molecule has 1 heterocycles. The van der Waals surface area contributed by atoms with Gasteiger partial charge < -0.3 is 9.88 Å². The Morgan fingerprint density at radius 2 is 1.15 bits per heavy atom. The number of aromatic nitrogens is 1. The number of nitrogens with zero attached hydrogens (tertiary/aromatic N) is 1. The second-order valence-electron chi connectivity index (χ2n) is 11.5. The van der Waals surface area contributed by atoms with E-state index in [9.17, 15) is 0 Å². The van der Waals surface area contributed by atoms with Crippen LogP contribution in [0.25, 0.3) is 44.1 Å². The summed E-state index contributed by atoms with van der Waals surface area (Å²) in [5.74, 6) is 0. The van der Waals surface area contributed by atoms with Crippen molar-refractivity contribution in [3.05, 3.63) is 151 Å². The number of aromatic amines is 1. The highest BCUT2D eigenvalue weighted by Gasteiger charge is 2.35. The first-order valence-corrected chi connectivity index (χ1v) is 14.3. The second-order valence-corrected chi connectivity index (χ2v) is 11.5. The maximum absolute atomic E-state index is 3.78. The van der Waals surface area contributed by atoms with Crippen LogP contribution in [-0.4, -0.2) is 4.98 Å². The lowest BCUT2D eigenvalue weighted by Gasteiger charge is -2.25. The highest BCUT2D eigenvalue weighted by atomic mass is 15.1. The Bertz CT molecular complexity index is 2030. The van der Waals surface area contributed by atoms with E-state index in [1.165, 1.54) is 49.7 Å². The van der Waals surface area contributed by atoms with Crippen molar-refractivity contribution in [3.8, 4) is 22.3 Å². The number of nitrogens with one attached hydrogen (secondary N) is 1. The van der Waals surface area contributed by atoms with Crippen LogP contribution in [0.2, 0.25) is 0 Å². The van der Waals surface area contributed by atoms with Crippen molar-refractivity contribution < 1.29 is 0 Å². The molecule has 1 aliphatic rings. The highest BCUT2D eigenvalue weighted by Crippen LogP contribution is 2.50. The maximum atomic E-state index is 3.78. The fraction of sp³-hybridized carbons (Fsp3) is 0.0769. The van der Waals surface area contributed by atoms with Gasteiger partial charge in [0, 0.05) is 44.3 Å². The standard InChI is InChI=1S/C39H30N2/c1-39(2)35-19-10-9-16-31(35)32-22-20-26(24-36(32)39)30-17-11-18-33-34-25-29(21-23-37(34)40-38(30)33)41(27-12-5-3-6-13-27)28-14-7-4-8-15-28/h3-25,40H,1-2H3. The minimum absolute atomic E-state index is 0.0243. The third-order valence-electron chi connectivity index (χ3n) is 8.80. The topological polar surface area (TPSA) is 19.0 Å². The number of para-hydroxylation sites is 3. The number of fused-ring (bicyclic) bond motifs is 6. The van der Waals surface area contributed by atoms with Crippen LogP contribution in [0.1, 0.15) is 25.0 Å². The van der Waals surface area contributed by atoms with Gasteiger partial charge in [0.2, 0.25) is 0 Å². The molecular weight excluding hydrogens is 496 g/mol. The molecule has 0 unspecified atom stereocenters. The SMILES string of the molecule is CC1(C)c2ccccc2-c2ccc(-c3cccc4c3[nH]c3ccc(N(c5ccccc5)c5ccccc5)cc34)cc21. The molecule has 0 amide bonds. The average molecular weight is 527 g/mol. The van der Waals surface area contributed by atoms with Crippen LogP contribution < -0.4 is 4.90 Å². The lowest BCUT2D eigenvalue weighted by Crippen LogP contribution is -2.14. The molecule has 0 saturated carbocycles. The number of H-pyrrole nitrogens is 1. The first-order chi connectivity index (χ1) is 20.1. The van der Waals surface area contributed by atoms with E-state index in [1.807, 2.05) is 0 Å². The molecule has 0 radical (unpaired) electrons. The number of rotatable bonds is 4. The molecule has 2 heteroatoms. The van der Waals surface area contributed by atoms with Gasteiger partial charge >= 0.3 is 0 Å². The quantitative estimate of drug-likeness (QED) is 0.242. The van der Waals surface area contributed by atoms with E-state index < -0.39 is 0 Å². The molecule has 0 atom stereocenters. The van der Waals surface area contributed by atoms with Gasteiger partial charge in [-0.1, -0.05) is 105 Å². The molecule has 2 nitrogen and oxygen atoms in total. The molecule has 41 heavy (non-hydrogen) atoms. The van der Waals surface area contributed by atoms with Crippen molar-refractivity contribution in [2.75, 3.05) is 4.90 Å². The van der Waals surface area contributed by atoms with E-state index >= 15 is 0 Å². The summed E-state index contributed by atoms with van der Waals surface area (Å²) in [7, 11) is 0. The van der Waals surface area contributed by atoms with E-state index in [4.69, 9.17) is 0 Å². The number of anilines is 3. The summed E-state index contributed by atoms with van der Waals surface area (Å²) in [6.45, 7) is 4.69. The van der Waals surface area contributed by atoms with Gasteiger partial charge in [0.15, 0.2) is 0 Å². The van der Waals surface area contributed by atoms with Crippen molar-refractivity contribution in [1.29, 1.82) is 0 Å². The van der Waals surface area contributed by atoms with E-state index in [-0.39, 0.29) is 5.41 Å². The lowest BCUT2D eigenvalue weighted by molar-refractivity contribution is 0.660. The molecule has 0 spiro atoms. The van der Waals surface area contributed by atoms with Gasteiger partial charge in [0.05, 0.1) is 5.52 Å². The van der Waals surface area contributed by atoms with Crippen molar-refractivity contribution in [2.45, 2.75) is 19.3 Å². The zero-order chi connectivity index (χ0) is 27.6.